The molecule has 2 aliphatic rings. The van der Waals surface area contributed by atoms with Gasteiger partial charge in [0.05, 0.1) is 11.4 Å². The van der Waals surface area contributed by atoms with Crippen LogP contribution in [0, 0.1) is 23.5 Å². The number of rotatable bonds is 2. The lowest BCUT2D eigenvalue weighted by molar-refractivity contribution is 0.438. The first kappa shape index (κ1) is 10.8. The highest BCUT2D eigenvalue weighted by atomic mass is 19.1. The molecule has 2 fully saturated rings. The van der Waals surface area contributed by atoms with Crippen LogP contribution in [0.4, 0.5) is 20.2 Å². The Morgan fingerprint density at radius 2 is 1.94 bits per heavy atom. The molecule has 2 nitrogen and oxygen atoms in total. The van der Waals surface area contributed by atoms with Gasteiger partial charge < -0.3 is 11.1 Å². The van der Waals surface area contributed by atoms with E-state index in [4.69, 9.17) is 5.73 Å². The summed E-state index contributed by atoms with van der Waals surface area (Å²) in [6.45, 7) is 0. The monoisotopic (exact) mass is 238 g/mol. The first-order valence-electron chi connectivity index (χ1n) is 6.14. The Hall–Kier alpha value is -1.32. The zero-order chi connectivity index (χ0) is 12.0. The van der Waals surface area contributed by atoms with Gasteiger partial charge in [0.15, 0.2) is 0 Å². The van der Waals surface area contributed by atoms with Gasteiger partial charge in [-0.3, -0.25) is 0 Å². The molecule has 2 bridgehead atoms. The summed E-state index contributed by atoms with van der Waals surface area (Å²) < 4.78 is 26.6. The predicted molar refractivity (Wildman–Crippen MR) is 63.6 cm³/mol. The summed E-state index contributed by atoms with van der Waals surface area (Å²) in [5.74, 6) is 0.185. The van der Waals surface area contributed by atoms with Gasteiger partial charge in [0.25, 0.3) is 0 Å². The molecule has 3 rings (SSSR count). The van der Waals surface area contributed by atoms with Gasteiger partial charge in [0.2, 0.25) is 0 Å². The van der Waals surface area contributed by atoms with Crippen LogP contribution in [0.15, 0.2) is 12.1 Å². The van der Waals surface area contributed by atoms with Crippen LogP contribution >= 0.6 is 0 Å². The van der Waals surface area contributed by atoms with E-state index in [-0.39, 0.29) is 5.69 Å². The van der Waals surface area contributed by atoms with Gasteiger partial charge in [-0.25, -0.2) is 8.78 Å². The van der Waals surface area contributed by atoms with Crippen molar-refractivity contribution < 1.29 is 8.78 Å². The Balaban J connectivity index is 1.79. The standard InChI is InChI=1S/C13H16F2N2/c14-9-5-10(15)13(6-11(9)16)17-12-4-7-1-2-8(12)3-7/h5-8,12,17H,1-4,16H2. The molecule has 2 saturated carbocycles. The van der Waals surface area contributed by atoms with Crippen LogP contribution in [0.1, 0.15) is 25.7 Å². The van der Waals surface area contributed by atoms with Crippen molar-refractivity contribution in [1.29, 1.82) is 0 Å². The number of nitrogens with one attached hydrogen (secondary N) is 1. The van der Waals surface area contributed by atoms with Crippen LogP contribution in [-0.4, -0.2) is 6.04 Å². The fourth-order valence-corrected chi connectivity index (χ4v) is 3.30. The molecule has 17 heavy (non-hydrogen) atoms. The topological polar surface area (TPSA) is 38.0 Å². The third-order valence-electron chi connectivity index (χ3n) is 4.17. The molecule has 2 aliphatic carbocycles. The normalized spacial score (nSPS) is 30.8. The van der Waals surface area contributed by atoms with Crippen LogP contribution in [0.3, 0.4) is 0 Å². The molecule has 3 unspecified atom stereocenters. The van der Waals surface area contributed by atoms with Crippen molar-refractivity contribution in [2.24, 2.45) is 11.8 Å². The molecule has 0 aliphatic heterocycles. The van der Waals surface area contributed by atoms with Crippen molar-refractivity contribution in [1.82, 2.24) is 0 Å². The lowest BCUT2D eigenvalue weighted by Gasteiger charge is -2.24. The largest absolute Gasteiger partial charge is 0.396 e. The van der Waals surface area contributed by atoms with Crippen LogP contribution in [0.2, 0.25) is 0 Å². The first-order chi connectivity index (χ1) is 8.13. The highest BCUT2D eigenvalue weighted by Gasteiger charge is 2.39. The molecule has 3 N–H and O–H groups in total. The summed E-state index contributed by atoms with van der Waals surface area (Å²) >= 11 is 0. The van der Waals surface area contributed by atoms with Crippen molar-refractivity contribution in [2.75, 3.05) is 11.1 Å². The number of benzene rings is 1. The summed E-state index contributed by atoms with van der Waals surface area (Å²) in [7, 11) is 0. The van der Waals surface area contributed by atoms with E-state index in [0.717, 1.165) is 18.4 Å². The van der Waals surface area contributed by atoms with Crippen LogP contribution in [0.25, 0.3) is 0 Å². The maximum atomic E-state index is 13.6. The van der Waals surface area contributed by atoms with Crippen molar-refractivity contribution in [2.45, 2.75) is 31.7 Å². The smallest absolute Gasteiger partial charge is 0.149 e. The van der Waals surface area contributed by atoms with Gasteiger partial charge in [-0.15, -0.1) is 0 Å². The Kier molecular flexibility index (Phi) is 2.45. The van der Waals surface area contributed by atoms with Gasteiger partial charge in [-0.1, -0.05) is 6.42 Å². The quantitative estimate of drug-likeness (QED) is 0.777. The molecular formula is C13H16F2N2. The second-order valence-electron chi connectivity index (χ2n) is 5.28. The van der Waals surface area contributed by atoms with Gasteiger partial charge in [-0.2, -0.15) is 0 Å². The van der Waals surface area contributed by atoms with E-state index >= 15 is 0 Å². The Morgan fingerprint density at radius 1 is 1.12 bits per heavy atom. The molecular weight excluding hydrogens is 222 g/mol. The molecule has 92 valence electrons. The lowest BCUT2D eigenvalue weighted by Crippen LogP contribution is -2.26. The third kappa shape index (κ3) is 1.85. The number of halogens is 2. The minimum Gasteiger partial charge on any atom is -0.396 e. The van der Waals surface area contributed by atoms with Crippen LogP contribution < -0.4 is 11.1 Å². The Labute approximate surface area is 99.2 Å². The fraction of sp³-hybridized carbons (Fsp3) is 0.538. The van der Waals surface area contributed by atoms with E-state index in [0.29, 0.717) is 17.6 Å². The molecule has 0 heterocycles. The number of anilines is 2. The van der Waals surface area contributed by atoms with Gasteiger partial charge in [0.1, 0.15) is 11.6 Å². The molecule has 0 aromatic heterocycles. The number of hydrogen-bond donors (Lipinski definition) is 2. The second-order valence-corrected chi connectivity index (χ2v) is 5.28. The fourth-order valence-electron chi connectivity index (χ4n) is 3.30. The van der Waals surface area contributed by atoms with E-state index in [1.54, 1.807) is 0 Å². The summed E-state index contributed by atoms with van der Waals surface area (Å²) in [5.41, 5.74) is 5.79. The molecule has 1 aromatic rings. The van der Waals surface area contributed by atoms with Crippen molar-refractivity contribution in [3.8, 4) is 0 Å². The average Bonchev–Trinajstić information content (AvgIpc) is 2.87. The second kappa shape index (κ2) is 3.86. The minimum absolute atomic E-state index is 0.00273. The molecule has 0 saturated heterocycles. The maximum Gasteiger partial charge on any atom is 0.149 e. The van der Waals surface area contributed by atoms with E-state index in [1.807, 2.05) is 0 Å². The number of hydrogen-bond acceptors (Lipinski definition) is 2. The first-order valence-corrected chi connectivity index (χ1v) is 6.14. The summed E-state index contributed by atoms with van der Waals surface area (Å²) in [4.78, 5) is 0. The minimum atomic E-state index is -0.694. The lowest BCUT2D eigenvalue weighted by atomic mass is 9.95. The molecule has 0 spiro atoms. The van der Waals surface area contributed by atoms with E-state index < -0.39 is 11.6 Å². The number of nitrogens with two attached hydrogens (primary N) is 1. The molecule has 1 aromatic carbocycles. The Morgan fingerprint density at radius 3 is 2.59 bits per heavy atom. The SMILES string of the molecule is Nc1cc(NC2CC3CCC2C3)c(F)cc1F. The number of fused-ring (bicyclic) bond motifs is 2. The van der Waals surface area contributed by atoms with Gasteiger partial charge in [0, 0.05) is 12.1 Å². The van der Waals surface area contributed by atoms with E-state index in [2.05, 4.69) is 5.32 Å². The van der Waals surface area contributed by atoms with Crippen LogP contribution in [-0.2, 0) is 0 Å². The van der Waals surface area contributed by atoms with Gasteiger partial charge in [-0.05, 0) is 37.2 Å². The number of nitrogen functional groups attached to an aromatic ring is 1. The molecule has 3 atom stereocenters. The predicted octanol–water partition coefficient (Wildman–Crippen LogP) is 3.15. The zero-order valence-electron chi connectivity index (χ0n) is 9.55. The van der Waals surface area contributed by atoms with Crippen LogP contribution in [0.5, 0.6) is 0 Å². The highest BCUT2D eigenvalue weighted by molar-refractivity contribution is 5.56. The zero-order valence-corrected chi connectivity index (χ0v) is 9.55. The van der Waals surface area contributed by atoms with Crippen molar-refractivity contribution >= 4 is 11.4 Å². The highest BCUT2D eigenvalue weighted by Crippen LogP contribution is 2.45. The molecule has 4 heteroatoms. The van der Waals surface area contributed by atoms with Crippen molar-refractivity contribution in [3.05, 3.63) is 23.8 Å². The Bertz CT molecular complexity index is 447. The summed E-state index contributed by atoms with van der Waals surface area (Å²) in [5, 5.41) is 3.19. The molecule has 0 amide bonds. The summed E-state index contributed by atoms with van der Waals surface area (Å²) in [6.07, 6.45) is 4.87. The summed E-state index contributed by atoms with van der Waals surface area (Å²) in [6, 6.07) is 2.54. The molecule has 0 radical (unpaired) electrons. The maximum absolute atomic E-state index is 13.6. The van der Waals surface area contributed by atoms with E-state index in [9.17, 15) is 8.78 Å². The van der Waals surface area contributed by atoms with Crippen molar-refractivity contribution in [3.63, 3.8) is 0 Å². The average molecular weight is 238 g/mol. The van der Waals surface area contributed by atoms with Gasteiger partial charge >= 0.3 is 0 Å². The van der Waals surface area contributed by atoms with E-state index in [1.165, 1.54) is 25.3 Å². The third-order valence-corrected chi connectivity index (χ3v) is 4.17.